The molecule has 1 heterocycles. The van der Waals surface area contributed by atoms with E-state index in [1.165, 1.54) is 5.56 Å². The van der Waals surface area contributed by atoms with Gasteiger partial charge in [0.2, 0.25) is 0 Å². The molecule has 1 unspecified atom stereocenters. The molecule has 134 valence electrons. The highest BCUT2D eigenvalue weighted by atomic mass is 16.2. The molecule has 2 N–H and O–H groups in total. The summed E-state index contributed by atoms with van der Waals surface area (Å²) in [5.41, 5.74) is 4.33. The van der Waals surface area contributed by atoms with Crippen LogP contribution in [0.25, 0.3) is 5.69 Å². The average Bonchev–Trinajstić information content (AvgIpc) is 3.16. The van der Waals surface area contributed by atoms with E-state index in [0.717, 1.165) is 23.2 Å². The minimum absolute atomic E-state index is 0.0482. The van der Waals surface area contributed by atoms with E-state index in [1.54, 1.807) is 10.9 Å². The Balaban J connectivity index is 1.51. The van der Waals surface area contributed by atoms with Crippen molar-refractivity contribution in [2.24, 2.45) is 0 Å². The van der Waals surface area contributed by atoms with Gasteiger partial charge < -0.3 is 10.6 Å². The summed E-state index contributed by atoms with van der Waals surface area (Å²) in [4.78, 5) is 12.2. The van der Waals surface area contributed by atoms with E-state index >= 15 is 0 Å². The predicted molar refractivity (Wildman–Crippen MR) is 103 cm³/mol. The van der Waals surface area contributed by atoms with Crippen LogP contribution in [0.5, 0.6) is 0 Å². The van der Waals surface area contributed by atoms with Crippen LogP contribution in [0.15, 0.2) is 67.0 Å². The summed E-state index contributed by atoms with van der Waals surface area (Å²) in [7, 11) is 0. The van der Waals surface area contributed by atoms with Crippen molar-refractivity contribution in [2.75, 3.05) is 0 Å². The van der Waals surface area contributed by atoms with Gasteiger partial charge in [0, 0.05) is 18.3 Å². The fourth-order valence-corrected chi connectivity index (χ4v) is 2.73. The third-order valence-electron chi connectivity index (χ3n) is 4.35. The van der Waals surface area contributed by atoms with Gasteiger partial charge in [-0.05, 0) is 36.6 Å². The number of nitrogens with zero attached hydrogens (tertiary/aromatic N) is 2. The van der Waals surface area contributed by atoms with Crippen molar-refractivity contribution < 1.29 is 4.79 Å². The highest BCUT2D eigenvalue weighted by Gasteiger charge is 2.09. The highest BCUT2D eigenvalue weighted by Crippen LogP contribution is 2.13. The van der Waals surface area contributed by atoms with Crippen LogP contribution in [-0.2, 0) is 13.0 Å². The Morgan fingerprint density at radius 2 is 1.81 bits per heavy atom. The quantitative estimate of drug-likeness (QED) is 0.707. The molecule has 5 nitrogen and oxygen atoms in total. The van der Waals surface area contributed by atoms with Gasteiger partial charge in [-0.1, -0.05) is 49.4 Å². The first kappa shape index (κ1) is 17.7. The Kier molecular flexibility index (Phi) is 5.69. The lowest BCUT2D eigenvalue weighted by molar-refractivity contribution is 0.237. The minimum Gasteiger partial charge on any atom is -0.334 e. The van der Waals surface area contributed by atoms with Crippen LogP contribution in [0.1, 0.15) is 36.6 Å². The third-order valence-corrected chi connectivity index (χ3v) is 4.35. The largest absolute Gasteiger partial charge is 0.334 e. The monoisotopic (exact) mass is 348 g/mol. The van der Waals surface area contributed by atoms with E-state index in [1.807, 2.05) is 43.5 Å². The highest BCUT2D eigenvalue weighted by molar-refractivity contribution is 5.74. The van der Waals surface area contributed by atoms with Crippen molar-refractivity contribution in [1.29, 1.82) is 0 Å². The molecule has 0 saturated carbocycles. The summed E-state index contributed by atoms with van der Waals surface area (Å²) in [6.07, 6.45) is 4.70. The third kappa shape index (κ3) is 4.51. The van der Waals surface area contributed by atoms with E-state index in [4.69, 9.17) is 0 Å². The maximum absolute atomic E-state index is 12.2. The fourth-order valence-electron chi connectivity index (χ4n) is 2.73. The van der Waals surface area contributed by atoms with Gasteiger partial charge in [0.15, 0.2) is 0 Å². The van der Waals surface area contributed by atoms with Crippen LogP contribution in [0.4, 0.5) is 4.79 Å². The first-order valence-corrected chi connectivity index (χ1v) is 8.88. The molecule has 0 spiro atoms. The minimum atomic E-state index is -0.190. The molecule has 1 aromatic heterocycles. The molecule has 0 radical (unpaired) electrons. The first-order chi connectivity index (χ1) is 12.7. The topological polar surface area (TPSA) is 59.0 Å². The van der Waals surface area contributed by atoms with Crippen molar-refractivity contribution in [3.63, 3.8) is 0 Å². The lowest BCUT2D eigenvalue weighted by atomic mass is 10.1. The maximum Gasteiger partial charge on any atom is 0.315 e. The number of benzene rings is 2. The summed E-state index contributed by atoms with van der Waals surface area (Å²) in [5, 5.41) is 10.2. The normalized spacial score (nSPS) is 11.8. The number of carbonyl (C=O) groups excluding carboxylic acids is 1. The van der Waals surface area contributed by atoms with Gasteiger partial charge in [0.05, 0.1) is 17.9 Å². The zero-order chi connectivity index (χ0) is 18.4. The molecule has 0 saturated heterocycles. The Labute approximate surface area is 154 Å². The van der Waals surface area contributed by atoms with Gasteiger partial charge in [0.25, 0.3) is 0 Å². The van der Waals surface area contributed by atoms with Crippen LogP contribution in [0, 0.1) is 0 Å². The molecule has 5 heteroatoms. The number of nitrogens with one attached hydrogen (secondary N) is 2. The first-order valence-electron chi connectivity index (χ1n) is 8.88. The lowest BCUT2D eigenvalue weighted by Gasteiger charge is -2.15. The van der Waals surface area contributed by atoms with Gasteiger partial charge in [0.1, 0.15) is 0 Å². The smallest absolute Gasteiger partial charge is 0.315 e. The van der Waals surface area contributed by atoms with Gasteiger partial charge in [-0.3, -0.25) is 0 Å². The zero-order valence-electron chi connectivity index (χ0n) is 15.1. The summed E-state index contributed by atoms with van der Waals surface area (Å²) >= 11 is 0. The van der Waals surface area contributed by atoms with Crippen LogP contribution >= 0.6 is 0 Å². The molecule has 0 fully saturated rings. The van der Waals surface area contributed by atoms with E-state index in [-0.39, 0.29) is 12.1 Å². The van der Waals surface area contributed by atoms with Crippen LogP contribution in [0.3, 0.4) is 0 Å². The summed E-state index contributed by atoms with van der Waals surface area (Å²) in [5.74, 6) is 0. The number of hydrogen-bond acceptors (Lipinski definition) is 2. The Morgan fingerprint density at radius 1 is 1.08 bits per heavy atom. The molecular formula is C21H24N4O. The van der Waals surface area contributed by atoms with E-state index in [2.05, 4.69) is 46.9 Å². The van der Waals surface area contributed by atoms with Crippen LogP contribution in [-0.4, -0.2) is 15.8 Å². The number of amides is 2. The lowest BCUT2D eigenvalue weighted by Crippen LogP contribution is -2.36. The Morgan fingerprint density at radius 3 is 2.50 bits per heavy atom. The van der Waals surface area contributed by atoms with Crippen molar-refractivity contribution in [2.45, 2.75) is 32.9 Å². The molecule has 3 rings (SSSR count). The van der Waals surface area contributed by atoms with Gasteiger partial charge in [-0.2, -0.15) is 5.10 Å². The Bertz CT molecular complexity index is 840. The predicted octanol–water partition coefficient (Wildman–Crippen LogP) is 4.00. The number of urea groups is 1. The van der Waals surface area contributed by atoms with Gasteiger partial charge in [-0.25, -0.2) is 9.48 Å². The molecule has 3 aromatic rings. The number of aromatic nitrogens is 2. The molecule has 0 bridgehead atoms. The second-order valence-corrected chi connectivity index (χ2v) is 6.27. The number of rotatable bonds is 6. The van der Waals surface area contributed by atoms with E-state index < -0.39 is 0 Å². The van der Waals surface area contributed by atoms with Crippen LogP contribution in [0.2, 0.25) is 0 Å². The fraction of sp³-hybridized carbons (Fsp3) is 0.238. The van der Waals surface area contributed by atoms with Gasteiger partial charge >= 0.3 is 6.03 Å². The zero-order valence-corrected chi connectivity index (χ0v) is 15.1. The average molecular weight is 348 g/mol. The number of aryl methyl sites for hydroxylation is 1. The second-order valence-electron chi connectivity index (χ2n) is 6.27. The molecular weight excluding hydrogens is 324 g/mol. The summed E-state index contributed by atoms with van der Waals surface area (Å²) in [6.45, 7) is 4.54. The maximum atomic E-state index is 12.2. The molecule has 0 aliphatic heterocycles. The molecule has 26 heavy (non-hydrogen) atoms. The van der Waals surface area contributed by atoms with E-state index in [9.17, 15) is 4.79 Å². The molecule has 2 amide bonds. The molecule has 0 aliphatic carbocycles. The summed E-state index contributed by atoms with van der Waals surface area (Å²) in [6, 6.07) is 18.0. The molecule has 0 aliphatic rings. The van der Waals surface area contributed by atoms with Crippen molar-refractivity contribution >= 4 is 6.03 Å². The van der Waals surface area contributed by atoms with Crippen molar-refractivity contribution in [1.82, 2.24) is 20.4 Å². The van der Waals surface area contributed by atoms with Crippen LogP contribution < -0.4 is 10.6 Å². The SMILES string of the molecule is CCc1ccc(C(C)NC(=O)NCc2cnn(-c3ccccc3)c2)cc1. The molecule has 2 aromatic carbocycles. The molecule has 1 atom stereocenters. The van der Waals surface area contributed by atoms with Crippen molar-refractivity contribution in [3.05, 3.63) is 83.7 Å². The Hall–Kier alpha value is -3.08. The van der Waals surface area contributed by atoms with Crippen molar-refractivity contribution in [3.8, 4) is 5.69 Å². The number of carbonyl (C=O) groups is 1. The number of hydrogen-bond donors (Lipinski definition) is 2. The second kappa shape index (κ2) is 8.34. The number of para-hydroxylation sites is 1. The van der Waals surface area contributed by atoms with Gasteiger partial charge in [-0.15, -0.1) is 0 Å². The van der Waals surface area contributed by atoms with E-state index in [0.29, 0.717) is 6.54 Å². The standard InChI is InChI=1S/C21H24N4O/c1-3-17-9-11-19(12-10-17)16(2)24-21(26)22-13-18-14-23-25(15-18)20-7-5-4-6-8-20/h4-12,14-16H,3,13H2,1-2H3,(H2,22,24,26). The summed E-state index contributed by atoms with van der Waals surface area (Å²) < 4.78 is 1.80.